The molecule has 0 bridgehead atoms. The van der Waals surface area contributed by atoms with Crippen LogP contribution >= 0.6 is 0 Å². The lowest BCUT2D eigenvalue weighted by atomic mass is 10.5. The maximum absolute atomic E-state index is 9.26. The molecule has 10 N–H and O–H groups in total. The van der Waals surface area contributed by atoms with Gasteiger partial charge in [-0.3, -0.25) is 0 Å². The maximum Gasteiger partial charge on any atom is 0.156 e. The zero-order valence-corrected chi connectivity index (χ0v) is 9.12. The van der Waals surface area contributed by atoms with Crippen LogP contribution in [0.15, 0.2) is 20.4 Å². The first-order valence-electron chi connectivity index (χ1n) is 3.47. The zero-order chi connectivity index (χ0) is 12.5. The molecule has 0 aliphatic rings. The number of carbonyl (C=O) groups is 1. The van der Waals surface area contributed by atoms with Crippen LogP contribution in [0.4, 0.5) is 0 Å². The molecule has 0 atom stereocenters. The lowest BCUT2D eigenvalue weighted by Gasteiger charge is -1.87. The standard InChI is InChI=1S/C3H6O2.2CH4N4.H3N/c1-2-3(4)5;2*2-4-1-5-3;/h2H2,1H3,(H,4,5);2*1-2H,3H2;1H3. The number of hydrogen-bond donors (Lipinski definition) is 5. The van der Waals surface area contributed by atoms with Gasteiger partial charge in [-0.25, -0.2) is 11.1 Å². The molecule has 16 heavy (non-hydrogen) atoms. The molecule has 0 saturated heterocycles. The fourth-order valence-corrected chi connectivity index (χ4v) is 0.0667. The fraction of sp³-hybridized carbons (Fsp3) is 0.400. The molecule has 94 valence electrons. The monoisotopic (exact) mass is 235 g/mol. The third-order valence-electron chi connectivity index (χ3n) is 0.537. The summed E-state index contributed by atoms with van der Waals surface area (Å²) in [6.07, 6.45) is 2.00. The first-order valence-corrected chi connectivity index (χ1v) is 3.47. The van der Waals surface area contributed by atoms with E-state index in [-0.39, 0.29) is 12.6 Å². The highest BCUT2D eigenvalue weighted by molar-refractivity contribution is 5.63. The van der Waals surface area contributed by atoms with Crippen LogP contribution in [-0.2, 0) is 4.79 Å². The van der Waals surface area contributed by atoms with Crippen molar-refractivity contribution in [3.05, 3.63) is 0 Å². The molecule has 11 heteroatoms. The van der Waals surface area contributed by atoms with Crippen LogP contribution in [0.2, 0.25) is 0 Å². The number of carboxylic acid groups (broad SMARTS) is 1. The average Bonchev–Trinajstić information content (AvgIpc) is 2.22. The van der Waals surface area contributed by atoms with Crippen molar-refractivity contribution in [1.82, 2.24) is 6.15 Å². The van der Waals surface area contributed by atoms with E-state index in [4.69, 9.17) is 11.1 Å². The summed E-state index contributed by atoms with van der Waals surface area (Å²) in [6.45, 7) is 1.54. The highest BCUT2D eigenvalue weighted by Gasteiger charge is 1.65. The van der Waals surface area contributed by atoms with Gasteiger partial charge >= 0.3 is 0 Å². The second-order valence-corrected chi connectivity index (χ2v) is 1.51. The van der Waals surface area contributed by atoms with E-state index in [2.05, 4.69) is 32.1 Å². The minimum atomic E-state index is -0.995. The van der Waals surface area contributed by atoms with Crippen molar-refractivity contribution < 1.29 is 9.90 Å². The molecule has 0 fully saturated rings. The molecule has 11 nitrogen and oxygen atoms in total. The van der Waals surface area contributed by atoms with Crippen molar-refractivity contribution in [1.29, 1.82) is 11.1 Å². The summed E-state index contributed by atoms with van der Waals surface area (Å²) in [5, 5.41) is 20.4. The van der Waals surface area contributed by atoms with Gasteiger partial charge in [-0.1, -0.05) is 6.92 Å². The van der Waals surface area contributed by atoms with Gasteiger partial charge in [-0.05, 0) is 6.42 Å². The number of nitrogens with one attached hydrogen (secondary N) is 2. The summed E-state index contributed by atoms with van der Waals surface area (Å²) in [4.78, 5) is 9.26. The van der Waals surface area contributed by atoms with Crippen LogP contribution < -0.4 is 22.9 Å². The second kappa shape index (κ2) is 29.4. The third kappa shape index (κ3) is 101. The Morgan fingerprint density at radius 1 is 1.25 bits per heavy atom. The SMILES string of the molecule is CCC(=O)[O-].N=NC=NN.N=NC=NN.[NH4+]. The zero-order valence-electron chi connectivity index (χ0n) is 9.12. The highest BCUT2D eigenvalue weighted by Crippen LogP contribution is 1.61. The van der Waals surface area contributed by atoms with E-state index < -0.39 is 5.97 Å². The molecule has 0 heterocycles. The Kier molecular flexibility index (Phi) is 43.0. The van der Waals surface area contributed by atoms with Crippen molar-refractivity contribution in [2.24, 2.45) is 32.1 Å². The first kappa shape index (κ1) is 23.4. The summed E-state index contributed by atoms with van der Waals surface area (Å²) in [5.41, 5.74) is 12.0. The quantitative estimate of drug-likeness (QED) is 0.141. The molecule has 0 spiro atoms. The largest absolute Gasteiger partial charge is 0.550 e. The number of hydrazone groups is 2. The molecular weight excluding hydrogens is 218 g/mol. The van der Waals surface area contributed by atoms with Crippen molar-refractivity contribution in [2.75, 3.05) is 0 Å². The molecule has 0 aromatic rings. The Balaban J connectivity index is -0.0000000655. The number of carboxylic acids is 1. The summed E-state index contributed by atoms with van der Waals surface area (Å²) >= 11 is 0. The number of aliphatic carboxylic acids is 1. The van der Waals surface area contributed by atoms with Gasteiger partial charge in [0.1, 0.15) is 0 Å². The van der Waals surface area contributed by atoms with E-state index in [1.807, 2.05) is 0 Å². The van der Waals surface area contributed by atoms with Gasteiger partial charge < -0.3 is 27.7 Å². The Hall–Kier alpha value is -2.43. The summed E-state index contributed by atoms with van der Waals surface area (Å²) in [5.74, 6) is 7.99. The lowest BCUT2D eigenvalue weighted by Crippen LogP contribution is -2.19. The molecule has 0 aromatic carbocycles. The number of nitrogens with two attached hydrogens (primary N) is 2. The van der Waals surface area contributed by atoms with Crippen molar-refractivity contribution >= 4 is 18.6 Å². The first-order chi connectivity index (χ1) is 7.10. The van der Waals surface area contributed by atoms with Crippen molar-refractivity contribution in [2.45, 2.75) is 13.3 Å². The maximum atomic E-state index is 9.26. The van der Waals surface area contributed by atoms with Crippen LogP contribution in [0.3, 0.4) is 0 Å². The fourth-order valence-electron chi connectivity index (χ4n) is 0.0667. The number of quaternary nitrogens is 1. The van der Waals surface area contributed by atoms with Gasteiger partial charge in [0, 0.05) is 5.97 Å². The Morgan fingerprint density at radius 3 is 1.50 bits per heavy atom. The highest BCUT2D eigenvalue weighted by atomic mass is 16.4. The summed E-state index contributed by atoms with van der Waals surface area (Å²) in [7, 11) is 0. The van der Waals surface area contributed by atoms with Crippen molar-refractivity contribution in [3.63, 3.8) is 0 Å². The Bertz CT molecular complexity index is 198. The molecular formula is C5H17N9O2. The summed E-state index contributed by atoms with van der Waals surface area (Å²) < 4.78 is 0. The van der Waals surface area contributed by atoms with Gasteiger partial charge in [0.2, 0.25) is 0 Å². The minimum Gasteiger partial charge on any atom is -0.550 e. The molecule has 0 rings (SSSR count). The van der Waals surface area contributed by atoms with E-state index in [0.717, 1.165) is 12.7 Å². The van der Waals surface area contributed by atoms with Gasteiger partial charge in [0.15, 0.2) is 12.7 Å². The van der Waals surface area contributed by atoms with E-state index in [1.54, 1.807) is 0 Å². The molecule has 0 aliphatic heterocycles. The average molecular weight is 235 g/mol. The topological polar surface area (TPSA) is 226 Å². The van der Waals surface area contributed by atoms with E-state index in [1.165, 1.54) is 6.92 Å². The number of carbonyl (C=O) groups excluding carboxylic acids is 1. The van der Waals surface area contributed by atoms with E-state index in [9.17, 15) is 9.90 Å². The molecule has 0 amide bonds. The van der Waals surface area contributed by atoms with Gasteiger partial charge in [0.05, 0.1) is 0 Å². The normalized spacial score (nSPS) is 7.81. The van der Waals surface area contributed by atoms with E-state index >= 15 is 0 Å². The molecule has 0 aromatic heterocycles. The van der Waals surface area contributed by atoms with Gasteiger partial charge in [-0.15, -0.1) is 10.2 Å². The number of rotatable bonds is 3. The van der Waals surface area contributed by atoms with Crippen LogP contribution in [0.25, 0.3) is 0 Å². The molecule has 0 radical (unpaired) electrons. The van der Waals surface area contributed by atoms with Crippen LogP contribution in [0.5, 0.6) is 0 Å². The van der Waals surface area contributed by atoms with Crippen LogP contribution in [0, 0.1) is 11.1 Å². The second-order valence-electron chi connectivity index (χ2n) is 1.51. The molecule has 0 saturated carbocycles. The van der Waals surface area contributed by atoms with Crippen LogP contribution in [-0.4, -0.2) is 18.6 Å². The summed E-state index contributed by atoms with van der Waals surface area (Å²) in [6, 6.07) is 0. The van der Waals surface area contributed by atoms with Crippen molar-refractivity contribution in [3.8, 4) is 0 Å². The number of nitrogens with zero attached hydrogens (tertiary/aromatic N) is 4. The van der Waals surface area contributed by atoms with Crippen LogP contribution in [0.1, 0.15) is 13.3 Å². The Labute approximate surface area is 92.2 Å². The van der Waals surface area contributed by atoms with E-state index in [0.29, 0.717) is 0 Å². The smallest absolute Gasteiger partial charge is 0.156 e. The van der Waals surface area contributed by atoms with Gasteiger partial charge in [-0.2, -0.15) is 10.2 Å². The molecule has 0 aliphatic carbocycles. The Morgan fingerprint density at radius 2 is 1.50 bits per heavy atom. The lowest BCUT2D eigenvalue weighted by molar-refractivity contribution is -0.305. The predicted octanol–water partition coefficient (Wildman–Crippen LogP) is -0.639. The minimum absolute atomic E-state index is 0. The third-order valence-corrected chi connectivity index (χ3v) is 0.537. The van der Waals surface area contributed by atoms with Gasteiger partial charge in [0.25, 0.3) is 0 Å². The predicted molar refractivity (Wildman–Crippen MR) is 56.9 cm³/mol. The molecule has 0 unspecified atom stereocenters. The number of hydrogen-bond acceptors (Lipinski definition) is 8.